The number of hydrogen-bond donors (Lipinski definition) is 4. The van der Waals surface area contributed by atoms with Crippen LogP contribution in [0, 0.1) is 0 Å². The predicted octanol–water partition coefficient (Wildman–Crippen LogP) is 0.362. The van der Waals surface area contributed by atoms with E-state index in [-0.39, 0.29) is 35.5 Å². The van der Waals surface area contributed by atoms with Gasteiger partial charge in [-0.25, -0.2) is 13.2 Å². The van der Waals surface area contributed by atoms with E-state index in [0.29, 0.717) is 19.4 Å². The van der Waals surface area contributed by atoms with Crippen molar-refractivity contribution in [1.29, 1.82) is 0 Å². The second-order valence-corrected chi connectivity index (χ2v) is 11.5. The number of ether oxygens (including phenoxy) is 3. The topological polar surface area (TPSA) is 143 Å². The van der Waals surface area contributed by atoms with Crippen LogP contribution >= 0.6 is 0 Å². The van der Waals surface area contributed by atoms with E-state index in [1.54, 1.807) is 12.1 Å². The van der Waals surface area contributed by atoms with E-state index >= 15 is 0 Å². The molecule has 184 valence electrons. The lowest BCUT2D eigenvalue weighted by Crippen LogP contribution is -2.43. The Balaban J connectivity index is 1.20. The first-order valence-corrected chi connectivity index (χ1v) is 12.8. The first-order chi connectivity index (χ1) is 15.8. The van der Waals surface area contributed by atoms with Gasteiger partial charge in [-0.1, -0.05) is 6.07 Å². The zero-order valence-electron chi connectivity index (χ0n) is 18.5. The molecule has 3 aliphatic rings. The van der Waals surface area contributed by atoms with Gasteiger partial charge in [-0.05, 0) is 63.4 Å². The first-order valence-electron chi connectivity index (χ1n) is 11.3. The molecule has 2 saturated heterocycles. The minimum Gasteiger partial charge on any atom is -0.491 e. The second-order valence-electron chi connectivity index (χ2n) is 9.17. The first kappa shape index (κ1) is 24.2. The van der Waals surface area contributed by atoms with E-state index < -0.39 is 33.4 Å². The Labute approximate surface area is 193 Å². The molecule has 1 aromatic rings. The summed E-state index contributed by atoms with van der Waals surface area (Å²) in [6, 6.07) is 5.84. The molecule has 1 aromatic carbocycles. The standard InChI is InChI=1S/C22H32N2O8S/c25-15-22(4-5-22)33(28,29)19-3-1-2-18(10-19)30-13-17(26)14-31-20(27)24-16-11-21(32-12-16)6-8-23-9-7-21/h1-3,10,16-17,23,25-26H,4-9,11-15H2,(H,24,27)/t16-,17?/m0/s1. The van der Waals surface area contributed by atoms with Crippen molar-refractivity contribution in [3.8, 4) is 5.75 Å². The molecule has 33 heavy (non-hydrogen) atoms. The lowest BCUT2D eigenvalue weighted by molar-refractivity contribution is -0.0194. The van der Waals surface area contributed by atoms with Crippen LogP contribution in [0.4, 0.5) is 4.79 Å². The van der Waals surface area contributed by atoms with Gasteiger partial charge in [0.25, 0.3) is 0 Å². The summed E-state index contributed by atoms with van der Waals surface area (Å²) in [5.74, 6) is 0.267. The molecule has 3 fully saturated rings. The second kappa shape index (κ2) is 9.75. The highest BCUT2D eigenvalue weighted by Crippen LogP contribution is 2.46. The number of carbonyl (C=O) groups is 1. The third kappa shape index (κ3) is 5.43. The summed E-state index contributed by atoms with van der Waals surface area (Å²) in [7, 11) is -3.67. The number of amides is 1. The lowest BCUT2D eigenvalue weighted by Gasteiger charge is -2.32. The summed E-state index contributed by atoms with van der Waals surface area (Å²) < 4.78 is 40.9. The van der Waals surface area contributed by atoms with Crippen LogP contribution in [0.25, 0.3) is 0 Å². The third-order valence-electron chi connectivity index (χ3n) is 6.68. The van der Waals surface area contributed by atoms with Crippen LogP contribution < -0.4 is 15.4 Å². The van der Waals surface area contributed by atoms with Gasteiger partial charge in [-0.3, -0.25) is 0 Å². The molecule has 0 radical (unpaired) electrons. The molecule has 10 nitrogen and oxygen atoms in total. The maximum atomic E-state index is 12.7. The molecule has 11 heteroatoms. The Morgan fingerprint density at radius 2 is 2.00 bits per heavy atom. The number of carbonyl (C=O) groups excluding carboxylic acids is 1. The summed E-state index contributed by atoms with van der Waals surface area (Å²) in [4.78, 5) is 12.2. The largest absolute Gasteiger partial charge is 0.491 e. The number of alkyl carbamates (subject to hydrolysis) is 1. The zero-order valence-corrected chi connectivity index (χ0v) is 19.3. The Hall–Kier alpha value is -1.92. The van der Waals surface area contributed by atoms with Crippen molar-refractivity contribution in [1.82, 2.24) is 10.6 Å². The van der Waals surface area contributed by atoms with Gasteiger partial charge in [0.05, 0.1) is 34.5 Å². The molecular weight excluding hydrogens is 452 g/mol. The number of hydrogen-bond acceptors (Lipinski definition) is 9. The Kier molecular flexibility index (Phi) is 7.15. The summed E-state index contributed by atoms with van der Waals surface area (Å²) in [6.45, 7) is 1.40. The minimum atomic E-state index is -3.67. The molecular formula is C22H32N2O8S. The predicted molar refractivity (Wildman–Crippen MR) is 118 cm³/mol. The van der Waals surface area contributed by atoms with Crippen LogP contribution in [0.2, 0.25) is 0 Å². The molecule has 4 N–H and O–H groups in total. The summed E-state index contributed by atoms with van der Waals surface area (Å²) in [6.07, 6.45) is 1.73. The fourth-order valence-corrected chi connectivity index (χ4v) is 6.26. The molecule has 1 spiro atoms. The molecule has 4 rings (SSSR count). The molecule has 2 aliphatic heterocycles. The van der Waals surface area contributed by atoms with Gasteiger partial charge < -0.3 is 35.1 Å². The lowest BCUT2D eigenvalue weighted by atomic mass is 9.88. The molecule has 1 aliphatic carbocycles. The molecule has 0 aromatic heterocycles. The fraction of sp³-hybridized carbons (Fsp3) is 0.682. The fourth-order valence-electron chi connectivity index (χ4n) is 4.42. The van der Waals surface area contributed by atoms with Gasteiger partial charge in [0.1, 0.15) is 25.1 Å². The van der Waals surface area contributed by atoms with Gasteiger partial charge in [-0.15, -0.1) is 0 Å². The van der Waals surface area contributed by atoms with E-state index in [2.05, 4.69) is 10.6 Å². The summed E-state index contributed by atoms with van der Waals surface area (Å²) in [5.41, 5.74) is -0.172. The van der Waals surface area contributed by atoms with Crippen LogP contribution in [0.15, 0.2) is 29.2 Å². The van der Waals surface area contributed by atoms with Gasteiger partial charge in [0.15, 0.2) is 9.84 Å². The average molecular weight is 485 g/mol. The highest BCUT2D eigenvalue weighted by Gasteiger charge is 2.54. The van der Waals surface area contributed by atoms with Gasteiger partial charge in [0.2, 0.25) is 0 Å². The molecule has 0 bridgehead atoms. The molecule has 2 heterocycles. The van der Waals surface area contributed by atoms with Crippen LogP contribution in [0.5, 0.6) is 5.75 Å². The smallest absolute Gasteiger partial charge is 0.407 e. The monoisotopic (exact) mass is 484 g/mol. The van der Waals surface area contributed by atoms with E-state index in [1.807, 2.05) is 0 Å². The van der Waals surface area contributed by atoms with Crippen molar-refractivity contribution in [3.05, 3.63) is 24.3 Å². The van der Waals surface area contributed by atoms with Crippen LogP contribution in [-0.4, -0.2) is 86.7 Å². The summed E-state index contributed by atoms with van der Waals surface area (Å²) >= 11 is 0. The number of rotatable bonds is 9. The molecule has 1 saturated carbocycles. The van der Waals surface area contributed by atoms with Crippen molar-refractivity contribution in [2.24, 2.45) is 0 Å². The van der Waals surface area contributed by atoms with Gasteiger partial charge in [-0.2, -0.15) is 0 Å². The van der Waals surface area contributed by atoms with Crippen molar-refractivity contribution in [3.63, 3.8) is 0 Å². The van der Waals surface area contributed by atoms with Crippen molar-refractivity contribution >= 4 is 15.9 Å². The van der Waals surface area contributed by atoms with Gasteiger partial charge >= 0.3 is 6.09 Å². The number of aliphatic hydroxyl groups is 2. The number of aliphatic hydroxyl groups excluding tert-OH is 2. The van der Waals surface area contributed by atoms with Crippen LogP contribution in [0.1, 0.15) is 32.1 Å². The number of piperidine rings is 1. The van der Waals surface area contributed by atoms with E-state index in [1.165, 1.54) is 12.1 Å². The van der Waals surface area contributed by atoms with Crippen molar-refractivity contribution in [2.45, 2.75) is 59.5 Å². The quantitative estimate of drug-likeness (QED) is 0.391. The Morgan fingerprint density at radius 1 is 1.24 bits per heavy atom. The third-order valence-corrected chi connectivity index (χ3v) is 9.23. The van der Waals surface area contributed by atoms with Crippen LogP contribution in [-0.2, 0) is 19.3 Å². The molecule has 1 unspecified atom stereocenters. The SMILES string of the molecule is O=C(N[C@@H]1COC2(CCNCC2)C1)OCC(O)COc1cccc(S(=O)(=O)C2(CO)CC2)c1. The molecule has 2 atom stereocenters. The number of nitrogens with one attached hydrogen (secondary N) is 2. The normalized spacial score (nSPS) is 24.2. The average Bonchev–Trinajstić information content (AvgIpc) is 3.55. The van der Waals surface area contributed by atoms with E-state index in [9.17, 15) is 23.4 Å². The summed E-state index contributed by atoms with van der Waals surface area (Å²) in [5, 5.41) is 25.7. The maximum Gasteiger partial charge on any atom is 0.407 e. The highest BCUT2D eigenvalue weighted by molar-refractivity contribution is 7.93. The Morgan fingerprint density at radius 3 is 2.70 bits per heavy atom. The van der Waals surface area contributed by atoms with Crippen molar-refractivity contribution < 1.29 is 37.6 Å². The van der Waals surface area contributed by atoms with E-state index in [4.69, 9.17) is 14.2 Å². The van der Waals surface area contributed by atoms with Crippen molar-refractivity contribution in [2.75, 3.05) is 39.5 Å². The molecule has 1 amide bonds. The zero-order chi connectivity index (χ0) is 23.5. The number of sulfone groups is 1. The van der Waals surface area contributed by atoms with Gasteiger partial charge in [0, 0.05) is 0 Å². The van der Waals surface area contributed by atoms with Crippen LogP contribution in [0.3, 0.4) is 0 Å². The van der Waals surface area contributed by atoms with E-state index in [0.717, 1.165) is 32.4 Å². The Bertz CT molecular complexity index is 943. The highest BCUT2D eigenvalue weighted by atomic mass is 32.2. The number of benzene rings is 1. The minimum absolute atomic E-state index is 0.0713. The maximum absolute atomic E-state index is 12.7.